The maximum absolute atomic E-state index is 11.9. The maximum atomic E-state index is 11.9. The maximum Gasteiger partial charge on any atom is 0.134 e. The molecule has 0 radical (unpaired) electrons. The van der Waals surface area contributed by atoms with E-state index >= 15 is 0 Å². The van der Waals surface area contributed by atoms with Crippen LogP contribution in [0.3, 0.4) is 0 Å². The lowest BCUT2D eigenvalue weighted by Crippen LogP contribution is -2.04. The third kappa shape index (κ3) is 2.46. The van der Waals surface area contributed by atoms with E-state index in [1.165, 1.54) is 11.1 Å². The summed E-state index contributed by atoms with van der Waals surface area (Å²) < 4.78 is 5.20. The van der Waals surface area contributed by atoms with Gasteiger partial charge in [0.05, 0.1) is 7.11 Å². The van der Waals surface area contributed by atoms with Crippen LogP contribution in [0.5, 0.6) is 5.75 Å². The van der Waals surface area contributed by atoms with E-state index in [-0.39, 0.29) is 5.92 Å². The number of rotatable bonds is 3. The summed E-state index contributed by atoms with van der Waals surface area (Å²) in [5.41, 5.74) is 2.49. The Morgan fingerprint density at radius 3 is 1.95 bits per heavy atom. The summed E-state index contributed by atoms with van der Waals surface area (Å²) in [6.45, 7) is 0. The van der Waals surface area contributed by atoms with Crippen molar-refractivity contribution in [2.24, 2.45) is 0 Å². The zero-order valence-corrected chi connectivity index (χ0v) is 11.6. The Morgan fingerprint density at radius 2 is 1.40 bits per heavy atom. The number of benzene rings is 2. The SMILES string of the molecule is COc1ccc([C@@H]2CC(=O)C[C@H]2c2ccccc2)cc1. The van der Waals surface area contributed by atoms with Gasteiger partial charge in [-0.3, -0.25) is 4.79 Å². The molecule has 2 aromatic carbocycles. The zero-order valence-electron chi connectivity index (χ0n) is 11.6. The second-order valence-electron chi connectivity index (χ2n) is 5.34. The lowest BCUT2D eigenvalue weighted by atomic mass is 9.84. The van der Waals surface area contributed by atoms with Crippen LogP contribution < -0.4 is 4.74 Å². The number of hydrogen-bond donors (Lipinski definition) is 0. The summed E-state index contributed by atoms with van der Waals surface area (Å²) >= 11 is 0. The molecule has 102 valence electrons. The first kappa shape index (κ1) is 12.9. The number of carbonyl (C=O) groups is 1. The Kier molecular flexibility index (Phi) is 3.55. The molecule has 0 amide bonds. The number of methoxy groups -OCH3 is 1. The van der Waals surface area contributed by atoms with Gasteiger partial charge in [0, 0.05) is 12.8 Å². The highest BCUT2D eigenvalue weighted by atomic mass is 16.5. The Balaban J connectivity index is 1.91. The fourth-order valence-corrected chi connectivity index (χ4v) is 3.11. The molecule has 0 N–H and O–H groups in total. The highest BCUT2D eigenvalue weighted by Crippen LogP contribution is 2.44. The molecule has 0 bridgehead atoms. The molecule has 1 aliphatic rings. The highest BCUT2D eigenvalue weighted by Gasteiger charge is 2.34. The molecule has 20 heavy (non-hydrogen) atoms. The summed E-state index contributed by atoms with van der Waals surface area (Å²) in [5, 5.41) is 0. The van der Waals surface area contributed by atoms with E-state index in [2.05, 4.69) is 24.3 Å². The Labute approximate surface area is 119 Å². The Bertz CT molecular complexity index is 587. The van der Waals surface area contributed by atoms with E-state index in [4.69, 9.17) is 4.74 Å². The minimum absolute atomic E-state index is 0.288. The topological polar surface area (TPSA) is 26.3 Å². The van der Waals surface area contributed by atoms with Gasteiger partial charge in [0.15, 0.2) is 0 Å². The lowest BCUT2D eigenvalue weighted by Gasteiger charge is -2.19. The highest BCUT2D eigenvalue weighted by molar-refractivity contribution is 5.83. The van der Waals surface area contributed by atoms with Crippen LogP contribution in [0.15, 0.2) is 54.6 Å². The molecule has 2 aromatic rings. The van der Waals surface area contributed by atoms with Crippen molar-refractivity contribution >= 4 is 5.78 Å². The van der Waals surface area contributed by atoms with Crippen LogP contribution in [0, 0.1) is 0 Å². The molecule has 1 saturated carbocycles. The number of ether oxygens (including phenoxy) is 1. The van der Waals surface area contributed by atoms with Crippen molar-refractivity contribution in [3.05, 3.63) is 65.7 Å². The summed E-state index contributed by atoms with van der Waals surface area (Å²) in [7, 11) is 1.67. The third-order valence-electron chi connectivity index (χ3n) is 4.15. The predicted octanol–water partition coefficient (Wildman–Crippen LogP) is 3.93. The Morgan fingerprint density at radius 1 is 0.850 bits per heavy atom. The first-order valence-electron chi connectivity index (χ1n) is 6.98. The van der Waals surface area contributed by atoms with Gasteiger partial charge in [0.25, 0.3) is 0 Å². The molecule has 3 rings (SSSR count). The van der Waals surface area contributed by atoms with Crippen LogP contribution in [-0.4, -0.2) is 12.9 Å². The van der Waals surface area contributed by atoms with Gasteiger partial charge in [-0.05, 0) is 35.1 Å². The minimum atomic E-state index is 0.288. The van der Waals surface area contributed by atoms with Crippen molar-refractivity contribution in [1.82, 2.24) is 0 Å². The van der Waals surface area contributed by atoms with Crippen molar-refractivity contribution in [3.63, 3.8) is 0 Å². The summed E-state index contributed by atoms with van der Waals surface area (Å²) in [4.78, 5) is 11.9. The third-order valence-corrected chi connectivity index (χ3v) is 4.15. The van der Waals surface area contributed by atoms with Gasteiger partial charge in [-0.25, -0.2) is 0 Å². The fourth-order valence-electron chi connectivity index (χ4n) is 3.11. The van der Waals surface area contributed by atoms with Crippen molar-refractivity contribution in [3.8, 4) is 5.75 Å². The normalized spacial score (nSPS) is 21.9. The molecule has 1 fully saturated rings. The van der Waals surface area contributed by atoms with Crippen LogP contribution in [0.1, 0.15) is 35.8 Å². The van der Waals surface area contributed by atoms with Gasteiger partial charge in [-0.15, -0.1) is 0 Å². The van der Waals surface area contributed by atoms with Crippen LogP contribution in [-0.2, 0) is 4.79 Å². The molecule has 1 aliphatic carbocycles. The van der Waals surface area contributed by atoms with Gasteiger partial charge in [-0.1, -0.05) is 42.5 Å². The first-order valence-corrected chi connectivity index (χ1v) is 6.98. The molecule has 0 saturated heterocycles. The van der Waals surface area contributed by atoms with E-state index < -0.39 is 0 Å². The molecule has 2 atom stereocenters. The molecular formula is C18H18O2. The fraction of sp³-hybridized carbons (Fsp3) is 0.278. The summed E-state index contributed by atoms with van der Waals surface area (Å²) in [6, 6.07) is 18.5. The van der Waals surface area contributed by atoms with Gasteiger partial charge >= 0.3 is 0 Å². The van der Waals surface area contributed by atoms with E-state index in [9.17, 15) is 4.79 Å². The van der Waals surface area contributed by atoms with E-state index in [0.29, 0.717) is 24.5 Å². The molecule has 2 nitrogen and oxygen atoms in total. The number of hydrogen-bond acceptors (Lipinski definition) is 2. The minimum Gasteiger partial charge on any atom is -0.497 e. The van der Waals surface area contributed by atoms with Gasteiger partial charge in [-0.2, -0.15) is 0 Å². The smallest absolute Gasteiger partial charge is 0.134 e. The molecule has 0 aliphatic heterocycles. The van der Waals surface area contributed by atoms with Gasteiger partial charge < -0.3 is 4.74 Å². The molecule has 0 heterocycles. The van der Waals surface area contributed by atoms with Crippen molar-refractivity contribution in [2.75, 3.05) is 7.11 Å². The van der Waals surface area contributed by atoms with Crippen LogP contribution >= 0.6 is 0 Å². The molecule has 0 unspecified atom stereocenters. The molecule has 0 aromatic heterocycles. The number of carbonyl (C=O) groups excluding carboxylic acids is 1. The van der Waals surface area contributed by atoms with E-state index in [0.717, 1.165) is 5.75 Å². The lowest BCUT2D eigenvalue weighted by molar-refractivity contribution is -0.117. The van der Waals surface area contributed by atoms with Crippen LogP contribution in [0.25, 0.3) is 0 Å². The molecule has 0 spiro atoms. The largest absolute Gasteiger partial charge is 0.497 e. The van der Waals surface area contributed by atoms with Crippen molar-refractivity contribution in [2.45, 2.75) is 24.7 Å². The van der Waals surface area contributed by atoms with E-state index in [1.54, 1.807) is 7.11 Å². The van der Waals surface area contributed by atoms with Gasteiger partial charge in [0.2, 0.25) is 0 Å². The molecular weight excluding hydrogens is 248 g/mol. The quantitative estimate of drug-likeness (QED) is 0.841. The van der Waals surface area contributed by atoms with Crippen LogP contribution in [0.2, 0.25) is 0 Å². The second kappa shape index (κ2) is 5.49. The van der Waals surface area contributed by atoms with Crippen LogP contribution in [0.4, 0.5) is 0 Å². The summed E-state index contributed by atoms with van der Waals surface area (Å²) in [5.74, 6) is 1.81. The van der Waals surface area contributed by atoms with Crippen molar-refractivity contribution < 1.29 is 9.53 Å². The first-order chi connectivity index (χ1) is 9.78. The second-order valence-corrected chi connectivity index (χ2v) is 5.34. The Hall–Kier alpha value is -2.09. The standard InChI is InChI=1S/C18H18O2/c1-20-16-9-7-14(8-10-16)18-12-15(19)11-17(18)13-5-3-2-4-6-13/h2-10,17-18H,11-12H2,1H3/t17-,18-/m0/s1. The van der Waals surface area contributed by atoms with E-state index in [1.807, 2.05) is 30.3 Å². The number of ketones is 1. The molecule has 2 heteroatoms. The summed E-state index contributed by atoms with van der Waals surface area (Å²) in [6.07, 6.45) is 1.30. The average molecular weight is 266 g/mol. The van der Waals surface area contributed by atoms with Gasteiger partial charge in [0.1, 0.15) is 11.5 Å². The monoisotopic (exact) mass is 266 g/mol. The zero-order chi connectivity index (χ0) is 13.9. The van der Waals surface area contributed by atoms with Crippen molar-refractivity contribution in [1.29, 1.82) is 0 Å². The predicted molar refractivity (Wildman–Crippen MR) is 79.2 cm³/mol. The average Bonchev–Trinajstić information content (AvgIpc) is 2.90. The number of Topliss-reactive ketones (excluding diaryl/α,β-unsaturated/α-hetero) is 1.